The van der Waals surface area contributed by atoms with Crippen LogP contribution in [0.4, 0.5) is 5.69 Å². The maximum atomic E-state index is 13.4. The largest absolute Gasteiger partial charge is 0.619 e. The van der Waals surface area contributed by atoms with Crippen LogP contribution in [-0.4, -0.2) is 28.3 Å². The summed E-state index contributed by atoms with van der Waals surface area (Å²) in [5.41, 5.74) is 7.39. The van der Waals surface area contributed by atoms with Crippen LogP contribution in [0, 0.1) is 25.0 Å². The Morgan fingerprint density at radius 2 is 1.91 bits per heavy atom. The van der Waals surface area contributed by atoms with Gasteiger partial charge in [0.25, 0.3) is 0 Å². The molecule has 1 saturated heterocycles. The van der Waals surface area contributed by atoms with Gasteiger partial charge in [0.05, 0.1) is 17.6 Å². The quantitative estimate of drug-likeness (QED) is 0.219. The molecule has 0 saturated carbocycles. The third kappa shape index (κ3) is 4.65. The van der Waals surface area contributed by atoms with Crippen molar-refractivity contribution >= 4 is 17.1 Å². The van der Waals surface area contributed by atoms with Gasteiger partial charge in [0.15, 0.2) is 23.3 Å². The van der Waals surface area contributed by atoms with Gasteiger partial charge >= 0.3 is 0 Å². The van der Waals surface area contributed by atoms with Crippen LogP contribution in [0.1, 0.15) is 53.4 Å². The van der Waals surface area contributed by atoms with Gasteiger partial charge in [0.2, 0.25) is 0 Å². The monoisotopic (exact) mass is 468 g/mol. The number of rotatable bonds is 6. The number of aryl methyl sites for hydroxylation is 3. The number of fused-ring (bicyclic) bond motifs is 1. The number of ketones is 1. The van der Waals surface area contributed by atoms with Crippen LogP contribution >= 0.6 is 0 Å². The number of carbonyl (C=O) groups is 1. The number of hydrogen-bond acceptors (Lipinski definition) is 4. The van der Waals surface area contributed by atoms with E-state index in [0.717, 1.165) is 58.8 Å². The lowest BCUT2D eigenvalue weighted by Crippen LogP contribution is -2.33. The number of imidazole rings is 1. The second-order valence-electron chi connectivity index (χ2n) is 9.86. The summed E-state index contributed by atoms with van der Waals surface area (Å²) in [5, 5.41) is 11.9. The first-order chi connectivity index (χ1) is 16.9. The number of pyridine rings is 2. The minimum Gasteiger partial charge on any atom is -0.619 e. The second-order valence-corrected chi connectivity index (χ2v) is 9.86. The summed E-state index contributed by atoms with van der Waals surface area (Å²) >= 11 is 0. The number of carbonyl (C=O) groups excluding carboxylic acids is 1. The molecule has 1 aromatic carbocycles. The first-order valence-corrected chi connectivity index (χ1v) is 12.4. The van der Waals surface area contributed by atoms with Gasteiger partial charge in [-0.05, 0) is 49.8 Å². The van der Waals surface area contributed by atoms with Crippen LogP contribution in [0.3, 0.4) is 0 Å². The van der Waals surface area contributed by atoms with Crippen LogP contribution in [0.15, 0.2) is 61.1 Å². The Labute approximate surface area is 206 Å². The fraction of sp³-hybridized carbons (Fsp3) is 0.345. The predicted octanol–water partition coefficient (Wildman–Crippen LogP) is 5.30. The van der Waals surface area contributed by atoms with E-state index >= 15 is 0 Å². The van der Waals surface area contributed by atoms with Gasteiger partial charge in [-0.25, -0.2) is 4.98 Å². The van der Waals surface area contributed by atoms with E-state index in [-0.39, 0.29) is 5.78 Å². The minimum absolute atomic E-state index is 0.0704. The van der Waals surface area contributed by atoms with Gasteiger partial charge in [-0.2, -0.15) is 4.73 Å². The summed E-state index contributed by atoms with van der Waals surface area (Å²) < 4.78 is 2.95. The molecule has 3 aromatic heterocycles. The smallest absolute Gasteiger partial charge is 0.189 e. The highest BCUT2D eigenvalue weighted by molar-refractivity contribution is 5.98. The third-order valence-corrected chi connectivity index (χ3v) is 7.26. The lowest BCUT2D eigenvalue weighted by Gasteiger charge is -2.32. The van der Waals surface area contributed by atoms with Gasteiger partial charge in [0.1, 0.15) is 0 Å². The molecule has 6 nitrogen and oxygen atoms in total. The van der Waals surface area contributed by atoms with Crippen molar-refractivity contribution in [2.24, 2.45) is 5.92 Å². The van der Waals surface area contributed by atoms with Crippen LogP contribution in [-0.2, 0) is 6.42 Å². The Balaban J connectivity index is 1.53. The number of Topliss-reactive ketones (excluding diaryl/α,β-unsaturated/α-hetero) is 1. The van der Waals surface area contributed by atoms with E-state index < -0.39 is 0 Å². The zero-order valence-electron chi connectivity index (χ0n) is 20.7. The first kappa shape index (κ1) is 23.1. The van der Waals surface area contributed by atoms with Crippen molar-refractivity contribution in [3.05, 3.63) is 88.6 Å². The number of hydrogen-bond donors (Lipinski definition) is 0. The Morgan fingerprint density at radius 3 is 2.66 bits per heavy atom. The summed E-state index contributed by atoms with van der Waals surface area (Å²) in [5.74, 6) is 0.786. The lowest BCUT2D eigenvalue weighted by molar-refractivity contribution is -0.612. The number of anilines is 1. The molecule has 1 aliphatic heterocycles. The minimum atomic E-state index is 0.0704. The summed E-state index contributed by atoms with van der Waals surface area (Å²) in [7, 11) is 0. The number of benzene rings is 1. The van der Waals surface area contributed by atoms with E-state index in [1.807, 2.05) is 36.7 Å². The van der Waals surface area contributed by atoms with Crippen molar-refractivity contribution in [2.45, 2.75) is 46.5 Å². The van der Waals surface area contributed by atoms with E-state index in [1.165, 1.54) is 5.56 Å². The van der Waals surface area contributed by atoms with E-state index in [0.29, 0.717) is 30.0 Å². The summed E-state index contributed by atoms with van der Waals surface area (Å²) in [6.07, 6.45) is 8.58. The standard InChI is InChI=1S/C29H32N4O2/c1-20-12-14-31(15-13-20)26-16-24(28(34)11-10-23-9-8-22(3)33(35)18-23)19-32-27(17-30-29(26)32)25-7-5-4-6-21(25)2/h4-9,16-20H,10-15H2,1-3H3. The molecule has 0 N–H and O–H groups in total. The molecule has 35 heavy (non-hydrogen) atoms. The molecular formula is C29H32N4O2. The Hall–Kier alpha value is -3.67. The highest BCUT2D eigenvalue weighted by Gasteiger charge is 2.22. The van der Waals surface area contributed by atoms with Crippen molar-refractivity contribution in [3.63, 3.8) is 0 Å². The maximum absolute atomic E-state index is 13.4. The molecule has 6 heteroatoms. The normalized spacial score (nSPS) is 14.5. The molecule has 5 rings (SSSR count). The lowest BCUT2D eigenvalue weighted by atomic mass is 9.98. The fourth-order valence-electron chi connectivity index (χ4n) is 4.91. The van der Waals surface area contributed by atoms with Crippen LogP contribution in [0.5, 0.6) is 0 Å². The van der Waals surface area contributed by atoms with Crippen molar-refractivity contribution in [1.82, 2.24) is 9.38 Å². The molecule has 1 fully saturated rings. The molecular weight excluding hydrogens is 436 g/mol. The van der Waals surface area contributed by atoms with Crippen molar-refractivity contribution in [2.75, 3.05) is 18.0 Å². The molecule has 0 atom stereocenters. The van der Waals surface area contributed by atoms with Gasteiger partial charge < -0.3 is 10.1 Å². The summed E-state index contributed by atoms with van der Waals surface area (Å²) in [6.45, 7) is 8.11. The van der Waals surface area contributed by atoms with Gasteiger partial charge in [-0.3, -0.25) is 9.20 Å². The number of aromatic nitrogens is 3. The summed E-state index contributed by atoms with van der Waals surface area (Å²) in [6, 6.07) is 14.0. The first-order valence-electron chi connectivity index (χ1n) is 12.4. The Bertz CT molecular complexity index is 1380. The summed E-state index contributed by atoms with van der Waals surface area (Å²) in [4.78, 5) is 20.6. The van der Waals surface area contributed by atoms with Gasteiger partial charge in [-0.1, -0.05) is 31.2 Å². The van der Waals surface area contributed by atoms with E-state index in [9.17, 15) is 10.0 Å². The topological polar surface area (TPSA) is 64.5 Å². The molecule has 0 radical (unpaired) electrons. The molecule has 1 aliphatic rings. The molecule has 0 unspecified atom stereocenters. The van der Waals surface area contributed by atoms with E-state index in [1.54, 1.807) is 19.2 Å². The van der Waals surface area contributed by atoms with Crippen LogP contribution in [0.2, 0.25) is 0 Å². The molecule has 0 bridgehead atoms. The maximum Gasteiger partial charge on any atom is 0.189 e. The Kier molecular flexibility index (Phi) is 6.29. The predicted molar refractivity (Wildman–Crippen MR) is 139 cm³/mol. The molecule has 180 valence electrons. The Morgan fingerprint density at radius 1 is 1.14 bits per heavy atom. The third-order valence-electron chi connectivity index (χ3n) is 7.26. The van der Waals surface area contributed by atoms with Crippen molar-refractivity contribution < 1.29 is 9.52 Å². The molecule has 0 amide bonds. The highest BCUT2D eigenvalue weighted by atomic mass is 16.5. The fourth-order valence-corrected chi connectivity index (χ4v) is 4.91. The molecule has 4 heterocycles. The number of nitrogens with zero attached hydrogens (tertiary/aromatic N) is 4. The van der Waals surface area contributed by atoms with E-state index in [2.05, 4.69) is 35.3 Å². The van der Waals surface area contributed by atoms with Crippen LogP contribution < -0.4 is 9.63 Å². The van der Waals surface area contributed by atoms with Crippen LogP contribution in [0.25, 0.3) is 16.9 Å². The second kappa shape index (κ2) is 9.53. The average Bonchev–Trinajstić information content (AvgIpc) is 3.28. The number of piperidine rings is 1. The van der Waals surface area contributed by atoms with E-state index in [4.69, 9.17) is 4.98 Å². The highest BCUT2D eigenvalue weighted by Crippen LogP contribution is 2.32. The molecule has 0 aliphatic carbocycles. The zero-order chi connectivity index (χ0) is 24.5. The molecule has 4 aromatic rings. The average molecular weight is 469 g/mol. The van der Waals surface area contributed by atoms with Gasteiger partial charge in [-0.15, -0.1) is 0 Å². The SMILES string of the molecule is Cc1ccccc1-c1cnc2c(N3CCC(C)CC3)cc(C(=O)CCc3ccc(C)[n+]([O-])c3)cn12. The van der Waals surface area contributed by atoms with Crippen molar-refractivity contribution in [3.8, 4) is 11.3 Å². The van der Waals surface area contributed by atoms with Crippen molar-refractivity contribution in [1.29, 1.82) is 0 Å². The zero-order valence-corrected chi connectivity index (χ0v) is 20.7. The van der Waals surface area contributed by atoms with Gasteiger partial charge in [0, 0.05) is 55.4 Å². The molecule has 0 spiro atoms.